The summed E-state index contributed by atoms with van der Waals surface area (Å²) < 4.78 is 5.47. The molecule has 2 atom stereocenters. The highest BCUT2D eigenvalue weighted by molar-refractivity contribution is 5.92. The second-order valence-corrected chi connectivity index (χ2v) is 12.4. The van der Waals surface area contributed by atoms with Crippen molar-refractivity contribution < 1.29 is 23.9 Å². The summed E-state index contributed by atoms with van der Waals surface area (Å²) in [5.74, 6) is -0.651. The standard InChI is InChI=1S/C33H46N4O5/c1-23(2)21-27(35-32(41)37-19-11-6-7-12-20-37)29(38)34-28(30(39)36-33(3,4)5)22-24-15-17-26(18-16-24)42-31(40)25-13-9-8-10-14-25/h8-10,13-18,23,27-28H,6-7,11-12,19-22H2,1-5H3,(H,34,38)(H,35,41)(H,36,39)/t27-,28-/m0/s1. The SMILES string of the molecule is CC(C)C[C@H](NC(=O)N1CCCCCC1)C(=O)N[C@@H](Cc1ccc(OC(=O)c2ccccc2)cc1)C(=O)NC(C)(C)C. The van der Waals surface area contributed by atoms with Crippen molar-refractivity contribution in [3.05, 3.63) is 65.7 Å². The Kier molecular flexibility index (Phi) is 11.9. The van der Waals surface area contributed by atoms with Gasteiger partial charge < -0.3 is 25.6 Å². The van der Waals surface area contributed by atoms with Crippen LogP contribution in [0.25, 0.3) is 0 Å². The van der Waals surface area contributed by atoms with Crippen molar-refractivity contribution >= 4 is 23.8 Å². The maximum atomic E-state index is 13.6. The molecule has 0 bridgehead atoms. The van der Waals surface area contributed by atoms with Gasteiger partial charge in [-0.1, -0.05) is 57.0 Å². The fourth-order valence-corrected chi connectivity index (χ4v) is 4.82. The topological polar surface area (TPSA) is 117 Å². The van der Waals surface area contributed by atoms with E-state index in [1.807, 2.05) is 40.7 Å². The van der Waals surface area contributed by atoms with Crippen LogP contribution >= 0.6 is 0 Å². The Morgan fingerprint density at radius 3 is 2.00 bits per heavy atom. The van der Waals surface area contributed by atoms with Gasteiger partial charge in [0.2, 0.25) is 11.8 Å². The van der Waals surface area contributed by atoms with E-state index in [-0.39, 0.29) is 24.3 Å². The van der Waals surface area contributed by atoms with E-state index in [1.165, 1.54) is 0 Å². The Bertz CT molecular complexity index is 1180. The minimum Gasteiger partial charge on any atom is -0.423 e. The molecule has 3 rings (SSSR count). The smallest absolute Gasteiger partial charge is 0.343 e. The van der Waals surface area contributed by atoms with Gasteiger partial charge in [0, 0.05) is 25.0 Å². The van der Waals surface area contributed by atoms with Gasteiger partial charge in [0.25, 0.3) is 0 Å². The predicted octanol–water partition coefficient (Wildman–Crippen LogP) is 4.85. The number of urea groups is 1. The van der Waals surface area contributed by atoms with Gasteiger partial charge in [0.05, 0.1) is 5.56 Å². The minimum absolute atomic E-state index is 0.151. The van der Waals surface area contributed by atoms with Crippen molar-refractivity contribution in [2.75, 3.05) is 13.1 Å². The summed E-state index contributed by atoms with van der Waals surface area (Å²) in [6, 6.07) is 13.7. The van der Waals surface area contributed by atoms with Crippen molar-refractivity contribution in [3.8, 4) is 5.75 Å². The molecular weight excluding hydrogens is 532 g/mol. The summed E-state index contributed by atoms with van der Waals surface area (Å²) in [4.78, 5) is 54.1. The Balaban J connectivity index is 1.72. The molecule has 42 heavy (non-hydrogen) atoms. The number of likely N-dealkylation sites (tertiary alicyclic amines) is 1. The molecular formula is C33H46N4O5. The zero-order valence-electron chi connectivity index (χ0n) is 25.6. The van der Waals surface area contributed by atoms with Gasteiger partial charge in [0.1, 0.15) is 17.8 Å². The average molecular weight is 579 g/mol. The van der Waals surface area contributed by atoms with Crippen LogP contribution in [0.2, 0.25) is 0 Å². The van der Waals surface area contributed by atoms with E-state index in [9.17, 15) is 19.2 Å². The van der Waals surface area contributed by atoms with Crippen molar-refractivity contribution in [1.29, 1.82) is 0 Å². The van der Waals surface area contributed by atoms with Crippen LogP contribution in [-0.2, 0) is 16.0 Å². The number of ether oxygens (including phenoxy) is 1. The number of rotatable bonds is 10. The van der Waals surface area contributed by atoms with Crippen LogP contribution in [0.5, 0.6) is 5.75 Å². The highest BCUT2D eigenvalue weighted by atomic mass is 16.5. The normalized spacial score (nSPS) is 15.2. The predicted molar refractivity (Wildman–Crippen MR) is 163 cm³/mol. The number of hydrogen-bond donors (Lipinski definition) is 3. The van der Waals surface area contributed by atoms with E-state index in [0.717, 1.165) is 31.2 Å². The van der Waals surface area contributed by atoms with Gasteiger partial charge >= 0.3 is 12.0 Å². The molecule has 1 aliphatic rings. The third-order valence-electron chi connectivity index (χ3n) is 6.93. The highest BCUT2D eigenvalue weighted by Crippen LogP contribution is 2.17. The fourth-order valence-electron chi connectivity index (χ4n) is 4.82. The van der Waals surface area contributed by atoms with Gasteiger partial charge in [-0.05, 0) is 75.8 Å². The lowest BCUT2D eigenvalue weighted by Gasteiger charge is -2.29. The molecule has 0 spiro atoms. The Morgan fingerprint density at radius 2 is 1.43 bits per heavy atom. The molecule has 1 heterocycles. The summed E-state index contributed by atoms with van der Waals surface area (Å²) in [6.07, 6.45) is 4.76. The van der Waals surface area contributed by atoms with Crippen LogP contribution < -0.4 is 20.7 Å². The van der Waals surface area contributed by atoms with Gasteiger partial charge in [-0.3, -0.25) is 9.59 Å². The first-order chi connectivity index (χ1) is 19.9. The largest absolute Gasteiger partial charge is 0.423 e. The number of nitrogens with zero attached hydrogens (tertiary/aromatic N) is 1. The molecule has 4 amide bonds. The lowest BCUT2D eigenvalue weighted by atomic mass is 10.00. The number of hydrogen-bond acceptors (Lipinski definition) is 5. The molecule has 3 N–H and O–H groups in total. The first kappa shape index (κ1) is 32.6. The molecule has 0 radical (unpaired) electrons. The molecule has 0 unspecified atom stereocenters. The van der Waals surface area contributed by atoms with Crippen molar-refractivity contribution in [3.63, 3.8) is 0 Å². The zero-order valence-corrected chi connectivity index (χ0v) is 25.6. The molecule has 9 nitrogen and oxygen atoms in total. The first-order valence-corrected chi connectivity index (χ1v) is 15.0. The molecule has 228 valence electrons. The quantitative estimate of drug-likeness (QED) is 0.275. The van der Waals surface area contributed by atoms with Crippen LogP contribution in [-0.4, -0.2) is 59.4 Å². The molecule has 0 aromatic heterocycles. The molecule has 1 saturated heterocycles. The Hall–Kier alpha value is -3.88. The van der Waals surface area contributed by atoms with E-state index < -0.39 is 29.5 Å². The molecule has 2 aromatic rings. The van der Waals surface area contributed by atoms with Crippen LogP contribution in [0.4, 0.5) is 4.79 Å². The van der Waals surface area contributed by atoms with E-state index in [4.69, 9.17) is 4.74 Å². The third kappa shape index (κ3) is 10.8. The summed E-state index contributed by atoms with van der Waals surface area (Å²) in [7, 11) is 0. The first-order valence-electron chi connectivity index (χ1n) is 15.0. The van der Waals surface area contributed by atoms with Crippen LogP contribution in [0.15, 0.2) is 54.6 Å². The molecule has 2 aromatic carbocycles. The summed E-state index contributed by atoms with van der Waals surface area (Å²) in [5.41, 5.74) is 0.716. The molecule has 0 aliphatic carbocycles. The second kappa shape index (κ2) is 15.4. The highest BCUT2D eigenvalue weighted by Gasteiger charge is 2.30. The van der Waals surface area contributed by atoms with Gasteiger partial charge in [-0.2, -0.15) is 0 Å². The molecule has 1 aliphatic heterocycles. The van der Waals surface area contributed by atoms with Gasteiger partial charge in [-0.15, -0.1) is 0 Å². The van der Waals surface area contributed by atoms with Crippen LogP contribution in [0.1, 0.15) is 82.6 Å². The van der Waals surface area contributed by atoms with Gasteiger partial charge in [-0.25, -0.2) is 9.59 Å². The number of carbonyl (C=O) groups is 4. The lowest BCUT2D eigenvalue weighted by Crippen LogP contribution is -2.58. The third-order valence-corrected chi connectivity index (χ3v) is 6.93. The van der Waals surface area contributed by atoms with Crippen LogP contribution in [0, 0.1) is 5.92 Å². The number of carbonyl (C=O) groups excluding carboxylic acids is 4. The maximum Gasteiger partial charge on any atom is 0.343 e. The molecule has 0 saturated carbocycles. The Labute approximate surface area is 249 Å². The lowest BCUT2D eigenvalue weighted by molar-refractivity contribution is -0.130. The fraction of sp³-hybridized carbons (Fsp3) is 0.515. The zero-order chi connectivity index (χ0) is 30.7. The number of nitrogens with one attached hydrogen (secondary N) is 3. The van der Waals surface area contributed by atoms with E-state index in [1.54, 1.807) is 53.4 Å². The van der Waals surface area contributed by atoms with Crippen molar-refractivity contribution in [2.45, 2.75) is 90.8 Å². The number of esters is 1. The van der Waals surface area contributed by atoms with Gasteiger partial charge in [0.15, 0.2) is 0 Å². The average Bonchev–Trinajstić information content (AvgIpc) is 3.22. The molecule has 1 fully saturated rings. The van der Waals surface area contributed by atoms with Crippen LogP contribution in [0.3, 0.4) is 0 Å². The minimum atomic E-state index is -0.876. The maximum absolute atomic E-state index is 13.6. The van der Waals surface area contributed by atoms with E-state index in [0.29, 0.717) is 30.8 Å². The Morgan fingerprint density at radius 1 is 0.810 bits per heavy atom. The summed E-state index contributed by atoms with van der Waals surface area (Å²) >= 11 is 0. The van der Waals surface area contributed by atoms with Crippen molar-refractivity contribution in [2.24, 2.45) is 5.92 Å². The van der Waals surface area contributed by atoms with Crippen molar-refractivity contribution in [1.82, 2.24) is 20.9 Å². The second-order valence-electron chi connectivity index (χ2n) is 12.4. The monoisotopic (exact) mass is 578 g/mol. The van der Waals surface area contributed by atoms with E-state index in [2.05, 4.69) is 16.0 Å². The molecule has 9 heteroatoms. The number of benzene rings is 2. The summed E-state index contributed by atoms with van der Waals surface area (Å²) in [5, 5.41) is 8.81. The number of amides is 4. The van der Waals surface area contributed by atoms with E-state index >= 15 is 0 Å². The summed E-state index contributed by atoms with van der Waals surface area (Å²) in [6.45, 7) is 11.0.